The molecular weight excluding hydrogens is 720 g/mol. The molecule has 284 valence electrons. The van der Waals surface area contributed by atoms with E-state index in [4.69, 9.17) is 18.9 Å². The predicted molar refractivity (Wildman–Crippen MR) is 198 cm³/mol. The van der Waals surface area contributed by atoms with Crippen LogP contribution in [0.2, 0.25) is 0 Å². The minimum absolute atomic E-state index is 0.156. The van der Waals surface area contributed by atoms with Gasteiger partial charge in [0.05, 0.1) is 52.9 Å². The number of fused-ring (bicyclic) bond motifs is 7. The molecular formula is C44H38F6NO4+. The van der Waals surface area contributed by atoms with Crippen molar-refractivity contribution >= 4 is 21.5 Å². The van der Waals surface area contributed by atoms with Crippen LogP contribution in [0.4, 0.5) is 26.3 Å². The predicted octanol–water partition coefficient (Wildman–Crippen LogP) is 9.74. The molecule has 5 nitrogen and oxygen atoms in total. The van der Waals surface area contributed by atoms with E-state index in [1.165, 1.54) is 0 Å². The van der Waals surface area contributed by atoms with Crippen LogP contribution in [0.1, 0.15) is 11.1 Å². The zero-order valence-electron chi connectivity index (χ0n) is 29.9. The van der Waals surface area contributed by atoms with E-state index in [1.54, 1.807) is 0 Å². The molecule has 2 aliphatic rings. The molecule has 0 bridgehead atoms. The third-order valence-electron chi connectivity index (χ3n) is 10.7. The number of nitrogens with zero attached hydrogens (tertiary/aromatic N) is 1. The number of rotatable bonds is 2. The fraction of sp³-hybridized carbons (Fsp3) is 0.273. The highest BCUT2D eigenvalue weighted by atomic mass is 19.2. The first-order chi connectivity index (χ1) is 26.7. The third kappa shape index (κ3) is 7.35. The van der Waals surface area contributed by atoms with Crippen LogP contribution < -0.4 is 0 Å². The Morgan fingerprint density at radius 2 is 0.764 bits per heavy atom. The molecule has 0 unspecified atom stereocenters. The Morgan fingerprint density at radius 3 is 1.15 bits per heavy atom. The van der Waals surface area contributed by atoms with Crippen molar-refractivity contribution in [2.75, 3.05) is 65.9 Å². The van der Waals surface area contributed by atoms with Gasteiger partial charge in [-0.1, -0.05) is 48.5 Å². The number of ether oxygens (including phenoxy) is 4. The number of quaternary nitrogens is 1. The molecule has 0 N–H and O–H groups in total. The summed E-state index contributed by atoms with van der Waals surface area (Å²) in [5.41, 5.74) is 4.34. The quantitative estimate of drug-likeness (QED) is 0.100. The average Bonchev–Trinajstić information content (AvgIpc) is 3.34. The van der Waals surface area contributed by atoms with Crippen molar-refractivity contribution in [1.29, 1.82) is 0 Å². The zero-order chi connectivity index (χ0) is 38.1. The molecule has 2 heterocycles. The summed E-state index contributed by atoms with van der Waals surface area (Å²) in [5.74, 6) is -8.39. The van der Waals surface area contributed by atoms with Gasteiger partial charge in [-0.15, -0.1) is 0 Å². The van der Waals surface area contributed by atoms with Crippen molar-refractivity contribution in [2.45, 2.75) is 13.1 Å². The molecule has 11 heteroatoms. The first-order valence-electron chi connectivity index (χ1n) is 18.3. The van der Waals surface area contributed by atoms with Crippen LogP contribution in [-0.4, -0.2) is 70.4 Å². The van der Waals surface area contributed by atoms with E-state index >= 15 is 17.6 Å². The second-order valence-electron chi connectivity index (χ2n) is 14.1. The van der Waals surface area contributed by atoms with Crippen molar-refractivity contribution in [1.82, 2.24) is 0 Å². The normalized spacial score (nSPS) is 17.0. The first-order valence-corrected chi connectivity index (χ1v) is 18.3. The molecule has 0 radical (unpaired) electrons. The second-order valence-corrected chi connectivity index (χ2v) is 14.1. The first kappa shape index (κ1) is 37.2. The summed E-state index contributed by atoms with van der Waals surface area (Å²) in [6.07, 6.45) is 0. The van der Waals surface area contributed by atoms with Crippen LogP contribution in [0.3, 0.4) is 0 Å². The van der Waals surface area contributed by atoms with Crippen molar-refractivity contribution in [3.63, 3.8) is 0 Å². The van der Waals surface area contributed by atoms with Gasteiger partial charge in [0, 0.05) is 22.3 Å². The topological polar surface area (TPSA) is 36.9 Å². The molecule has 0 amide bonds. The van der Waals surface area contributed by atoms with Crippen LogP contribution in [0.15, 0.2) is 84.9 Å². The van der Waals surface area contributed by atoms with Gasteiger partial charge in [-0.25, -0.2) is 26.3 Å². The lowest BCUT2D eigenvalue weighted by molar-refractivity contribution is -0.953. The Balaban J connectivity index is 1.46. The van der Waals surface area contributed by atoms with Crippen molar-refractivity contribution in [3.8, 4) is 33.4 Å². The van der Waals surface area contributed by atoms with Gasteiger partial charge < -0.3 is 23.4 Å². The molecule has 0 saturated carbocycles. The van der Waals surface area contributed by atoms with Crippen LogP contribution >= 0.6 is 0 Å². The van der Waals surface area contributed by atoms with Gasteiger partial charge in [-0.2, -0.15) is 0 Å². The van der Waals surface area contributed by atoms with Gasteiger partial charge >= 0.3 is 0 Å². The lowest BCUT2D eigenvalue weighted by Gasteiger charge is -2.39. The van der Waals surface area contributed by atoms with E-state index < -0.39 is 34.9 Å². The number of benzene rings is 6. The van der Waals surface area contributed by atoms with Crippen molar-refractivity contribution in [3.05, 3.63) is 131 Å². The van der Waals surface area contributed by atoms with E-state index in [2.05, 4.69) is 0 Å². The smallest absolute Gasteiger partial charge is 0.194 e. The van der Waals surface area contributed by atoms with E-state index in [1.807, 2.05) is 60.7 Å². The average molecular weight is 759 g/mol. The maximum Gasteiger partial charge on any atom is 0.194 e. The monoisotopic (exact) mass is 758 g/mol. The second kappa shape index (κ2) is 15.8. The van der Waals surface area contributed by atoms with Gasteiger partial charge in [0.1, 0.15) is 26.2 Å². The molecule has 2 aliphatic heterocycles. The molecule has 8 rings (SSSR count). The Morgan fingerprint density at radius 1 is 0.418 bits per heavy atom. The summed E-state index contributed by atoms with van der Waals surface area (Å²) < 4.78 is 113. The maximum absolute atomic E-state index is 15.1. The SMILES string of the molecule is Fc1cc(-c2cc3ccccc3c3c2C[N+]2(CCOCCOCCOCCOCC2)Cc2c(-c4cc(F)c(F)c(F)c4)cc4ccccc4c2-3)cc(F)c1F. The van der Waals surface area contributed by atoms with Crippen LogP contribution in [0, 0.1) is 34.9 Å². The summed E-state index contributed by atoms with van der Waals surface area (Å²) in [6, 6.07) is 23.1. The lowest BCUT2D eigenvalue weighted by Crippen LogP contribution is -2.50. The molecule has 1 spiro atoms. The Bertz CT molecular complexity index is 2190. The minimum atomic E-state index is -1.56. The Kier molecular flexibility index (Phi) is 10.6. The summed E-state index contributed by atoms with van der Waals surface area (Å²) in [6.45, 7) is 4.32. The van der Waals surface area contributed by atoms with E-state index in [0.29, 0.717) is 90.2 Å². The molecule has 6 aromatic rings. The number of hydrogen-bond acceptors (Lipinski definition) is 4. The van der Waals surface area contributed by atoms with Gasteiger partial charge in [-0.05, 0) is 80.2 Å². The van der Waals surface area contributed by atoms with E-state index in [-0.39, 0.29) is 15.6 Å². The Labute approximate surface area is 314 Å². The summed E-state index contributed by atoms with van der Waals surface area (Å²) in [7, 11) is 0. The minimum Gasteiger partial charge on any atom is -0.377 e. The molecule has 0 aromatic heterocycles. The van der Waals surface area contributed by atoms with Gasteiger partial charge in [0.15, 0.2) is 34.9 Å². The highest BCUT2D eigenvalue weighted by molar-refractivity contribution is 6.12. The number of hydrogen-bond donors (Lipinski definition) is 0. The van der Waals surface area contributed by atoms with E-state index in [0.717, 1.165) is 68.1 Å². The summed E-state index contributed by atoms with van der Waals surface area (Å²) in [4.78, 5) is 0. The third-order valence-corrected chi connectivity index (χ3v) is 10.7. The molecule has 0 aliphatic carbocycles. The largest absolute Gasteiger partial charge is 0.377 e. The summed E-state index contributed by atoms with van der Waals surface area (Å²) in [5, 5.41) is 3.20. The highest BCUT2D eigenvalue weighted by Gasteiger charge is 2.38. The van der Waals surface area contributed by atoms with Gasteiger partial charge in [0.25, 0.3) is 0 Å². The van der Waals surface area contributed by atoms with Crippen LogP contribution in [0.5, 0.6) is 0 Å². The standard InChI is InChI=1S/C44H38F6NO4/c45-37-21-29(22-38(46)43(37)49)33-19-27-5-1-3-7-31(27)41-35(33)25-51(9-11-52-13-15-54-17-18-55-16-14-53-12-10-51)26-36-34(30-23-39(47)44(50)40(48)24-30)20-28-6-2-4-8-32(28)42(36)41/h1-8,19-24H,9-18,25-26H2/q+1. The van der Waals surface area contributed by atoms with Crippen LogP contribution in [-0.2, 0) is 32.0 Å². The zero-order valence-corrected chi connectivity index (χ0v) is 29.9. The Hall–Kier alpha value is -4.78. The fourth-order valence-corrected chi connectivity index (χ4v) is 8.05. The molecule has 1 fully saturated rings. The maximum atomic E-state index is 15.1. The molecule has 55 heavy (non-hydrogen) atoms. The summed E-state index contributed by atoms with van der Waals surface area (Å²) >= 11 is 0. The van der Waals surface area contributed by atoms with Gasteiger partial charge in [0.2, 0.25) is 0 Å². The highest BCUT2D eigenvalue weighted by Crippen LogP contribution is 2.50. The lowest BCUT2D eigenvalue weighted by atomic mass is 9.82. The van der Waals surface area contributed by atoms with Gasteiger partial charge in [-0.3, -0.25) is 0 Å². The fourth-order valence-electron chi connectivity index (χ4n) is 8.05. The van der Waals surface area contributed by atoms with Crippen LogP contribution in [0.25, 0.3) is 54.9 Å². The van der Waals surface area contributed by atoms with E-state index in [9.17, 15) is 8.78 Å². The number of halogens is 6. The van der Waals surface area contributed by atoms with Crippen molar-refractivity contribution in [2.24, 2.45) is 0 Å². The van der Waals surface area contributed by atoms with Crippen molar-refractivity contribution < 1.29 is 49.8 Å². The molecule has 1 saturated heterocycles. The molecule has 6 aromatic carbocycles. The molecule has 0 atom stereocenters.